The lowest BCUT2D eigenvalue weighted by atomic mass is 9.86. The second-order valence-corrected chi connectivity index (χ2v) is 4.83. The third kappa shape index (κ3) is 2.08. The van der Waals surface area contributed by atoms with E-state index in [-0.39, 0.29) is 5.41 Å². The summed E-state index contributed by atoms with van der Waals surface area (Å²) >= 11 is 1.79. The van der Waals surface area contributed by atoms with Crippen molar-refractivity contribution in [1.82, 2.24) is 5.32 Å². The Morgan fingerprint density at radius 3 is 2.50 bits per heavy atom. The van der Waals surface area contributed by atoms with Crippen LogP contribution in [0.25, 0.3) is 0 Å². The summed E-state index contributed by atoms with van der Waals surface area (Å²) in [6.45, 7) is 7.76. The molecule has 0 spiro atoms. The van der Waals surface area contributed by atoms with Gasteiger partial charge in [-0.3, -0.25) is 0 Å². The van der Waals surface area contributed by atoms with Gasteiger partial charge in [0, 0.05) is 6.54 Å². The molecule has 1 nitrogen and oxygen atoms in total. The highest BCUT2D eigenvalue weighted by Crippen LogP contribution is 2.28. The van der Waals surface area contributed by atoms with E-state index < -0.39 is 0 Å². The molecule has 0 amide bonds. The van der Waals surface area contributed by atoms with E-state index in [4.69, 9.17) is 0 Å². The second kappa shape index (κ2) is 3.58. The largest absolute Gasteiger partial charge is 0.316 e. The molecule has 0 aliphatic carbocycles. The normalized spacial score (nSPS) is 12.0. The molecule has 0 saturated carbocycles. The Hall–Kier alpha value is -0.340. The fraction of sp³-hybridized carbons (Fsp3) is 0.600. The Morgan fingerprint density at radius 2 is 2.00 bits per heavy atom. The summed E-state index contributed by atoms with van der Waals surface area (Å²) in [5.74, 6) is 0. The van der Waals surface area contributed by atoms with Crippen LogP contribution in [0, 0.1) is 0 Å². The average molecular weight is 183 g/mol. The predicted molar refractivity (Wildman–Crippen MR) is 55.8 cm³/mol. The molecule has 0 saturated heterocycles. The monoisotopic (exact) mass is 183 g/mol. The van der Waals surface area contributed by atoms with E-state index in [1.165, 1.54) is 11.1 Å². The molecule has 1 rings (SSSR count). The lowest BCUT2D eigenvalue weighted by Crippen LogP contribution is -2.15. The van der Waals surface area contributed by atoms with Crippen LogP contribution in [0.2, 0.25) is 0 Å². The van der Waals surface area contributed by atoms with E-state index in [2.05, 4.69) is 36.8 Å². The Kier molecular flexibility index (Phi) is 2.91. The Morgan fingerprint density at radius 1 is 1.33 bits per heavy atom. The van der Waals surface area contributed by atoms with Gasteiger partial charge in [0.05, 0.1) is 0 Å². The highest BCUT2D eigenvalue weighted by molar-refractivity contribution is 7.08. The van der Waals surface area contributed by atoms with Gasteiger partial charge >= 0.3 is 0 Å². The zero-order chi connectivity index (χ0) is 9.19. The summed E-state index contributed by atoms with van der Waals surface area (Å²) in [5, 5.41) is 7.68. The molecule has 0 bridgehead atoms. The molecule has 0 atom stereocenters. The quantitative estimate of drug-likeness (QED) is 0.743. The first-order valence-corrected chi connectivity index (χ1v) is 5.20. The van der Waals surface area contributed by atoms with Crippen molar-refractivity contribution in [3.63, 3.8) is 0 Å². The van der Waals surface area contributed by atoms with Crippen LogP contribution >= 0.6 is 11.3 Å². The van der Waals surface area contributed by atoms with E-state index >= 15 is 0 Å². The third-order valence-corrected chi connectivity index (χ3v) is 2.71. The number of nitrogens with one attached hydrogen (secondary N) is 1. The lowest BCUT2D eigenvalue weighted by molar-refractivity contribution is 0.582. The zero-order valence-electron chi connectivity index (χ0n) is 8.27. The van der Waals surface area contributed by atoms with Gasteiger partial charge in [0.25, 0.3) is 0 Å². The SMILES string of the molecule is CNCc1cscc1C(C)(C)C. The molecule has 12 heavy (non-hydrogen) atoms. The number of rotatable bonds is 2. The maximum absolute atomic E-state index is 3.19. The van der Waals surface area contributed by atoms with Gasteiger partial charge in [0.1, 0.15) is 0 Å². The van der Waals surface area contributed by atoms with Crippen LogP contribution in [0.5, 0.6) is 0 Å². The van der Waals surface area contributed by atoms with E-state index in [0.29, 0.717) is 0 Å². The van der Waals surface area contributed by atoms with Crippen molar-refractivity contribution in [1.29, 1.82) is 0 Å². The minimum Gasteiger partial charge on any atom is -0.316 e. The molecular formula is C10H17NS. The molecule has 1 heterocycles. The van der Waals surface area contributed by atoms with Crippen molar-refractivity contribution in [2.45, 2.75) is 32.7 Å². The molecule has 0 unspecified atom stereocenters. The predicted octanol–water partition coefficient (Wildman–Crippen LogP) is 2.77. The summed E-state index contributed by atoms with van der Waals surface area (Å²) in [7, 11) is 1.99. The van der Waals surface area contributed by atoms with Crippen LogP contribution in [0.15, 0.2) is 10.8 Å². The van der Waals surface area contributed by atoms with Gasteiger partial charge in [0.2, 0.25) is 0 Å². The maximum Gasteiger partial charge on any atom is 0.0213 e. The van der Waals surface area contributed by atoms with Crippen molar-refractivity contribution in [3.05, 3.63) is 21.9 Å². The minimum atomic E-state index is 0.284. The van der Waals surface area contributed by atoms with Crippen LogP contribution in [-0.4, -0.2) is 7.05 Å². The van der Waals surface area contributed by atoms with Crippen LogP contribution < -0.4 is 5.32 Å². The lowest BCUT2D eigenvalue weighted by Gasteiger charge is -2.19. The van der Waals surface area contributed by atoms with Gasteiger partial charge in [-0.15, -0.1) is 0 Å². The summed E-state index contributed by atoms with van der Waals surface area (Å²) in [4.78, 5) is 0. The third-order valence-electron chi connectivity index (χ3n) is 1.92. The molecule has 0 aliphatic rings. The summed E-state index contributed by atoms with van der Waals surface area (Å²) in [6, 6.07) is 0. The highest BCUT2D eigenvalue weighted by atomic mass is 32.1. The smallest absolute Gasteiger partial charge is 0.0213 e. The summed E-state index contributed by atoms with van der Waals surface area (Å²) < 4.78 is 0. The second-order valence-electron chi connectivity index (χ2n) is 4.09. The molecule has 1 aromatic heterocycles. The molecule has 0 radical (unpaired) electrons. The number of hydrogen-bond donors (Lipinski definition) is 1. The molecule has 0 fully saturated rings. The van der Waals surface area contributed by atoms with E-state index in [1.807, 2.05) is 7.05 Å². The van der Waals surface area contributed by atoms with Gasteiger partial charge in [-0.2, -0.15) is 11.3 Å². The Labute approximate surface area is 78.8 Å². The molecule has 2 heteroatoms. The van der Waals surface area contributed by atoms with E-state index in [9.17, 15) is 0 Å². The Balaban J connectivity index is 2.91. The van der Waals surface area contributed by atoms with Crippen molar-refractivity contribution in [2.75, 3.05) is 7.05 Å². The molecular weight excluding hydrogens is 166 g/mol. The van der Waals surface area contributed by atoms with E-state index in [0.717, 1.165) is 6.54 Å². The number of hydrogen-bond acceptors (Lipinski definition) is 2. The van der Waals surface area contributed by atoms with Crippen molar-refractivity contribution in [3.8, 4) is 0 Å². The van der Waals surface area contributed by atoms with Gasteiger partial charge < -0.3 is 5.32 Å². The summed E-state index contributed by atoms with van der Waals surface area (Å²) in [5.41, 5.74) is 3.20. The standard InChI is InChI=1S/C10H17NS/c1-10(2,3)9-7-12-6-8(9)5-11-4/h6-7,11H,5H2,1-4H3. The van der Waals surface area contributed by atoms with Crippen LogP contribution in [0.4, 0.5) is 0 Å². The zero-order valence-corrected chi connectivity index (χ0v) is 9.09. The maximum atomic E-state index is 3.19. The van der Waals surface area contributed by atoms with Crippen LogP contribution in [0.1, 0.15) is 31.9 Å². The van der Waals surface area contributed by atoms with Crippen molar-refractivity contribution in [2.24, 2.45) is 0 Å². The average Bonchev–Trinajstić information content (AvgIpc) is 2.34. The van der Waals surface area contributed by atoms with Gasteiger partial charge in [-0.05, 0) is 34.3 Å². The topological polar surface area (TPSA) is 12.0 Å². The van der Waals surface area contributed by atoms with Gasteiger partial charge in [-0.1, -0.05) is 20.8 Å². The highest BCUT2D eigenvalue weighted by Gasteiger charge is 2.17. The molecule has 1 aromatic rings. The first kappa shape index (κ1) is 9.75. The molecule has 0 aromatic carbocycles. The number of thiophene rings is 1. The summed E-state index contributed by atoms with van der Waals surface area (Å²) in [6.07, 6.45) is 0. The van der Waals surface area contributed by atoms with Gasteiger partial charge in [0.15, 0.2) is 0 Å². The molecule has 68 valence electrons. The molecule has 0 aliphatic heterocycles. The van der Waals surface area contributed by atoms with Crippen molar-refractivity contribution >= 4 is 11.3 Å². The Bertz CT molecular complexity index is 245. The first-order chi connectivity index (χ1) is 5.55. The fourth-order valence-corrected chi connectivity index (χ4v) is 2.39. The van der Waals surface area contributed by atoms with Crippen LogP contribution in [0.3, 0.4) is 0 Å². The van der Waals surface area contributed by atoms with Crippen LogP contribution in [-0.2, 0) is 12.0 Å². The minimum absolute atomic E-state index is 0.284. The van der Waals surface area contributed by atoms with E-state index in [1.54, 1.807) is 11.3 Å². The fourth-order valence-electron chi connectivity index (χ4n) is 1.31. The van der Waals surface area contributed by atoms with Crippen molar-refractivity contribution < 1.29 is 0 Å². The first-order valence-electron chi connectivity index (χ1n) is 4.26. The van der Waals surface area contributed by atoms with Gasteiger partial charge in [-0.25, -0.2) is 0 Å². The molecule has 1 N–H and O–H groups in total.